The molecule has 3 N–H and O–H groups in total. The van der Waals surface area contributed by atoms with Gasteiger partial charge in [0.05, 0.1) is 39.9 Å². The van der Waals surface area contributed by atoms with Crippen LogP contribution in [0.15, 0.2) is 24.3 Å². The number of phosphoric ester groups is 1. The molecular weight excluding hydrogens is 1040 g/mol. The molecule has 0 aliphatic rings. The summed E-state index contributed by atoms with van der Waals surface area (Å²) in [5, 5.41) is 14.0. The number of nitrogens with zero attached hydrogens (tertiary/aromatic N) is 1. The standard InChI is InChI=1S/C74H147N2O6P/c1-6-8-10-12-14-16-18-20-22-24-26-28-30-32-34-35-36-37-38-39-40-42-44-46-48-50-52-54-56-58-60-62-64-66-68-74(78)75-72(71-82-83(79,80)81-70-69-76(3,4)5)73(77)67-65-63-61-59-57-55-53-51-49-47-45-43-41-33-31-29-27-25-23-21-19-17-15-13-11-9-7-2/h57,59,65,67,72-73,77H,6-56,58,60-64,66,68-71H2,1-5H3,(H-,75,78,79,80)/p+1/b59-57+,67-65+. The van der Waals surface area contributed by atoms with Gasteiger partial charge in [-0.15, -0.1) is 0 Å². The van der Waals surface area contributed by atoms with Gasteiger partial charge in [0.1, 0.15) is 13.2 Å². The highest BCUT2D eigenvalue weighted by molar-refractivity contribution is 7.47. The Kier molecular flexibility index (Phi) is 64.6. The van der Waals surface area contributed by atoms with Crippen molar-refractivity contribution in [1.29, 1.82) is 0 Å². The van der Waals surface area contributed by atoms with E-state index in [1.54, 1.807) is 6.08 Å². The number of unbranched alkanes of at least 4 members (excludes halogenated alkanes) is 55. The maximum absolute atomic E-state index is 13.1. The van der Waals surface area contributed by atoms with E-state index in [9.17, 15) is 19.4 Å². The van der Waals surface area contributed by atoms with Crippen LogP contribution >= 0.6 is 7.82 Å². The van der Waals surface area contributed by atoms with Crippen LogP contribution in [-0.2, 0) is 18.4 Å². The zero-order valence-corrected chi connectivity index (χ0v) is 57.6. The number of aliphatic hydroxyl groups is 1. The molecule has 8 nitrogen and oxygen atoms in total. The quantitative estimate of drug-likeness (QED) is 0.0243. The third-order valence-corrected chi connectivity index (χ3v) is 18.4. The van der Waals surface area contributed by atoms with Crippen molar-refractivity contribution in [3.63, 3.8) is 0 Å². The summed E-state index contributed by atoms with van der Waals surface area (Å²) in [6, 6.07) is -0.862. The maximum atomic E-state index is 13.1. The topological polar surface area (TPSA) is 105 Å². The van der Waals surface area contributed by atoms with Crippen LogP contribution in [0.25, 0.3) is 0 Å². The molecule has 0 aliphatic heterocycles. The maximum Gasteiger partial charge on any atom is 0.472 e. The average Bonchev–Trinajstić information content (AvgIpc) is 3.49. The number of carbonyl (C=O) groups is 1. The number of hydrogen-bond donors (Lipinski definition) is 3. The van der Waals surface area contributed by atoms with Gasteiger partial charge in [-0.3, -0.25) is 13.8 Å². The fraction of sp³-hybridized carbons (Fsp3) is 0.932. The summed E-state index contributed by atoms with van der Waals surface area (Å²) in [7, 11) is 1.58. The first-order valence-corrected chi connectivity index (χ1v) is 38.7. The Bertz CT molecular complexity index is 1400. The largest absolute Gasteiger partial charge is 0.472 e. The molecule has 0 saturated heterocycles. The van der Waals surface area contributed by atoms with Gasteiger partial charge in [0, 0.05) is 6.42 Å². The van der Waals surface area contributed by atoms with E-state index >= 15 is 0 Å². The SMILES string of the molecule is CCCCCCCCCCCCCCCCCCCCCCC/C=C/CC/C=C/C(O)C(COP(=O)(O)OCC[N+](C)(C)C)NC(=O)CCCCCCCCCCCCCCCCCCCCCCCCCCCCCCCCCCCC. The molecule has 0 rings (SSSR count). The molecule has 0 fully saturated rings. The number of phosphoric acid groups is 1. The minimum absolute atomic E-state index is 0.0592. The molecule has 3 unspecified atom stereocenters. The summed E-state index contributed by atoms with van der Waals surface area (Å²) in [6.07, 6.45) is 86.5. The number of aliphatic hydroxyl groups excluding tert-OH is 1. The number of likely N-dealkylation sites (N-methyl/N-ethyl adjacent to an activating group) is 1. The molecule has 1 amide bonds. The number of rotatable bonds is 70. The Balaban J connectivity index is 4.00. The Hall–Kier alpha value is -1.02. The van der Waals surface area contributed by atoms with Crippen LogP contribution in [0, 0.1) is 0 Å². The lowest BCUT2D eigenvalue weighted by Gasteiger charge is -2.25. The van der Waals surface area contributed by atoms with Crippen molar-refractivity contribution in [3.05, 3.63) is 24.3 Å². The summed E-state index contributed by atoms with van der Waals surface area (Å²) in [5.41, 5.74) is 0. The lowest BCUT2D eigenvalue weighted by Crippen LogP contribution is -2.45. The number of carbonyl (C=O) groups excluding carboxylic acids is 1. The monoisotopic (exact) mass is 1190 g/mol. The zero-order chi connectivity index (χ0) is 60.5. The van der Waals surface area contributed by atoms with E-state index in [1.807, 2.05) is 27.2 Å². The molecule has 83 heavy (non-hydrogen) atoms. The van der Waals surface area contributed by atoms with E-state index in [0.29, 0.717) is 17.4 Å². The van der Waals surface area contributed by atoms with Crippen LogP contribution < -0.4 is 5.32 Å². The Morgan fingerprint density at radius 1 is 0.398 bits per heavy atom. The van der Waals surface area contributed by atoms with Gasteiger partial charge >= 0.3 is 7.82 Å². The van der Waals surface area contributed by atoms with Crippen molar-refractivity contribution >= 4 is 13.7 Å². The molecule has 0 saturated carbocycles. The van der Waals surface area contributed by atoms with E-state index in [1.165, 1.54) is 334 Å². The van der Waals surface area contributed by atoms with E-state index in [-0.39, 0.29) is 19.1 Å². The van der Waals surface area contributed by atoms with Crippen molar-refractivity contribution in [3.8, 4) is 0 Å². The molecule has 9 heteroatoms. The Morgan fingerprint density at radius 2 is 0.663 bits per heavy atom. The number of allylic oxidation sites excluding steroid dienone is 3. The Labute approximate surface area is 519 Å². The number of amides is 1. The van der Waals surface area contributed by atoms with E-state index in [2.05, 4.69) is 31.3 Å². The molecule has 0 bridgehead atoms. The van der Waals surface area contributed by atoms with Crippen molar-refractivity contribution in [2.45, 2.75) is 405 Å². The normalized spacial score (nSPS) is 13.7. The molecule has 0 aromatic rings. The van der Waals surface area contributed by atoms with Crippen molar-refractivity contribution in [1.82, 2.24) is 5.32 Å². The number of quaternary nitrogens is 1. The van der Waals surface area contributed by atoms with Crippen molar-refractivity contribution in [2.75, 3.05) is 40.9 Å². The van der Waals surface area contributed by atoms with E-state index < -0.39 is 20.0 Å². The van der Waals surface area contributed by atoms with Crippen LogP contribution in [0.4, 0.5) is 0 Å². The first-order chi connectivity index (χ1) is 40.5. The smallest absolute Gasteiger partial charge is 0.387 e. The van der Waals surface area contributed by atoms with Gasteiger partial charge in [0.25, 0.3) is 0 Å². The summed E-state index contributed by atoms with van der Waals surface area (Å²) >= 11 is 0. The molecular formula is C74H148N2O6P+. The van der Waals surface area contributed by atoms with E-state index in [0.717, 1.165) is 38.5 Å². The van der Waals surface area contributed by atoms with Crippen LogP contribution in [0.1, 0.15) is 393 Å². The molecule has 3 atom stereocenters. The second-order valence-corrected chi connectivity index (χ2v) is 28.5. The second-order valence-electron chi connectivity index (χ2n) is 27.0. The Morgan fingerprint density at radius 3 is 0.964 bits per heavy atom. The number of nitrogens with one attached hydrogen (secondary N) is 1. The molecule has 0 spiro atoms. The first-order valence-electron chi connectivity index (χ1n) is 37.2. The highest BCUT2D eigenvalue weighted by atomic mass is 31.2. The molecule has 0 aromatic carbocycles. The van der Waals surface area contributed by atoms with Gasteiger partial charge in [0.15, 0.2) is 0 Å². The van der Waals surface area contributed by atoms with Gasteiger partial charge in [-0.05, 0) is 32.1 Å². The highest BCUT2D eigenvalue weighted by Crippen LogP contribution is 2.43. The molecule has 0 aliphatic carbocycles. The minimum atomic E-state index is -4.36. The van der Waals surface area contributed by atoms with E-state index in [4.69, 9.17) is 9.05 Å². The molecule has 494 valence electrons. The zero-order valence-electron chi connectivity index (χ0n) is 56.7. The van der Waals surface area contributed by atoms with Crippen molar-refractivity contribution < 1.29 is 32.9 Å². The fourth-order valence-corrected chi connectivity index (χ4v) is 12.4. The second kappa shape index (κ2) is 65.4. The first kappa shape index (κ1) is 82.0. The third-order valence-electron chi connectivity index (χ3n) is 17.4. The lowest BCUT2D eigenvalue weighted by atomic mass is 10.0. The summed E-state index contributed by atoms with van der Waals surface area (Å²) in [4.78, 5) is 23.4. The van der Waals surface area contributed by atoms with Crippen LogP contribution in [0.5, 0.6) is 0 Å². The number of hydrogen-bond acceptors (Lipinski definition) is 5. The van der Waals surface area contributed by atoms with Crippen LogP contribution in [0.3, 0.4) is 0 Å². The summed E-state index contributed by atoms with van der Waals surface area (Å²) in [5.74, 6) is -0.177. The fourth-order valence-electron chi connectivity index (χ4n) is 11.7. The molecule has 0 heterocycles. The van der Waals surface area contributed by atoms with Gasteiger partial charge in [-0.25, -0.2) is 4.57 Å². The van der Waals surface area contributed by atoms with Gasteiger partial charge in [-0.1, -0.05) is 378 Å². The molecule has 0 radical (unpaired) electrons. The minimum Gasteiger partial charge on any atom is -0.387 e. The predicted octanol–water partition coefficient (Wildman–Crippen LogP) is 23.8. The van der Waals surface area contributed by atoms with Crippen LogP contribution in [-0.4, -0.2) is 73.4 Å². The summed E-state index contributed by atoms with van der Waals surface area (Å²) < 4.78 is 23.8. The van der Waals surface area contributed by atoms with Gasteiger partial charge < -0.3 is 19.8 Å². The molecule has 0 aromatic heterocycles. The predicted molar refractivity (Wildman–Crippen MR) is 365 cm³/mol. The lowest BCUT2D eigenvalue weighted by molar-refractivity contribution is -0.870. The van der Waals surface area contributed by atoms with Gasteiger partial charge in [0.2, 0.25) is 5.91 Å². The average molecular weight is 1190 g/mol. The van der Waals surface area contributed by atoms with Crippen molar-refractivity contribution in [2.24, 2.45) is 0 Å². The van der Waals surface area contributed by atoms with Gasteiger partial charge in [-0.2, -0.15) is 0 Å². The third kappa shape index (κ3) is 68.3. The summed E-state index contributed by atoms with van der Waals surface area (Å²) in [6.45, 7) is 4.87. The highest BCUT2D eigenvalue weighted by Gasteiger charge is 2.28. The van der Waals surface area contributed by atoms with Crippen LogP contribution in [0.2, 0.25) is 0 Å².